The molecule has 1 aromatic carbocycles. The number of methoxy groups -OCH3 is 1. The maximum absolute atomic E-state index is 11.6. The van der Waals surface area contributed by atoms with Gasteiger partial charge in [0.1, 0.15) is 5.75 Å². The average Bonchev–Trinajstić information content (AvgIpc) is 2.82. The van der Waals surface area contributed by atoms with E-state index in [1.54, 1.807) is 31.4 Å². The molecule has 112 valence electrons. The summed E-state index contributed by atoms with van der Waals surface area (Å²) >= 11 is 0. The van der Waals surface area contributed by atoms with Gasteiger partial charge in [-0.1, -0.05) is 0 Å². The summed E-state index contributed by atoms with van der Waals surface area (Å²) in [5, 5.41) is 11.8. The van der Waals surface area contributed by atoms with Crippen LogP contribution in [0.25, 0.3) is 5.65 Å². The van der Waals surface area contributed by atoms with E-state index in [0.717, 1.165) is 4.52 Å². The van der Waals surface area contributed by atoms with E-state index in [0.29, 0.717) is 11.4 Å². The van der Waals surface area contributed by atoms with Crippen LogP contribution in [0.5, 0.6) is 5.75 Å². The van der Waals surface area contributed by atoms with Gasteiger partial charge in [-0.2, -0.15) is 9.63 Å². The Morgan fingerprint density at radius 1 is 1.18 bits per heavy atom. The SMILES string of the molecule is COc1ccc(N=Nc2c(N)nn3c(=O)[nH]c(=O)[nH]c23)cc1. The lowest BCUT2D eigenvalue weighted by Gasteiger charge is -1.98. The third kappa shape index (κ3) is 2.32. The predicted molar refractivity (Wildman–Crippen MR) is 78.0 cm³/mol. The number of nitrogens with zero attached hydrogens (tertiary/aromatic N) is 4. The van der Waals surface area contributed by atoms with Gasteiger partial charge in [-0.15, -0.1) is 10.2 Å². The van der Waals surface area contributed by atoms with Gasteiger partial charge in [-0.05, 0) is 24.3 Å². The van der Waals surface area contributed by atoms with E-state index in [1.165, 1.54) is 0 Å². The smallest absolute Gasteiger partial charge is 0.352 e. The van der Waals surface area contributed by atoms with Crippen molar-refractivity contribution in [3.8, 4) is 5.75 Å². The zero-order valence-electron chi connectivity index (χ0n) is 11.4. The minimum atomic E-state index is -0.712. The summed E-state index contributed by atoms with van der Waals surface area (Å²) in [7, 11) is 1.56. The third-order valence-electron chi connectivity index (χ3n) is 2.87. The van der Waals surface area contributed by atoms with Gasteiger partial charge in [-0.3, -0.25) is 9.97 Å². The molecule has 2 aromatic heterocycles. The number of benzene rings is 1. The normalized spacial score (nSPS) is 11.3. The Kier molecular flexibility index (Phi) is 3.18. The number of nitrogens with one attached hydrogen (secondary N) is 2. The van der Waals surface area contributed by atoms with E-state index in [2.05, 4.69) is 20.3 Å². The molecule has 3 aromatic rings. The van der Waals surface area contributed by atoms with Crippen LogP contribution in [0.4, 0.5) is 17.2 Å². The topological polar surface area (TPSA) is 143 Å². The molecule has 10 nitrogen and oxygen atoms in total. The van der Waals surface area contributed by atoms with Crippen LogP contribution in [0.1, 0.15) is 0 Å². The van der Waals surface area contributed by atoms with Gasteiger partial charge in [0.25, 0.3) is 0 Å². The Morgan fingerprint density at radius 3 is 2.59 bits per heavy atom. The lowest BCUT2D eigenvalue weighted by molar-refractivity contribution is 0.415. The molecule has 0 amide bonds. The molecule has 0 aliphatic rings. The zero-order chi connectivity index (χ0) is 15.7. The first kappa shape index (κ1) is 13.5. The fraction of sp³-hybridized carbons (Fsp3) is 0.0833. The lowest BCUT2D eigenvalue weighted by atomic mass is 10.3. The first-order valence-electron chi connectivity index (χ1n) is 6.15. The van der Waals surface area contributed by atoms with E-state index in [1.807, 2.05) is 4.98 Å². The van der Waals surface area contributed by atoms with Gasteiger partial charge >= 0.3 is 11.4 Å². The van der Waals surface area contributed by atoms with Gasteiger partial charge < -0.3 is 10.5 Å². The van der Waals surface area contributed by atoms with Gasteiger partial charge in [0.2, 0.25) is 0 Å². The van der Waals surface area contributed by atoms with Gasteiger partial charge in [0, 0.05) is 0 Å². The average molecular weight is 301 g/mol. The molecular weight excluding hydrogens is 290 g/mol. The van der Waals surface area contributed by atoms with E-state index < -0.39 is 11.4 Å². The predicted octanol–water partition coefficient (Wildman–Crippen LogP) is 0.717. The number of fused-ring (bicyclic) bond motifs is 1. The van der Waals surface area contributed by atoms with Gasteiger partial charge in [0.05, 0.1) is 12.8 Å². The van der Waals surface area contributed by atoms with E-state index >= 15 is 0 Å². The molecule has 0 fully saturated rings. The largest absolute Gasteiger partial charge is 0.497 e. The summed E-state index contributed by atoms with van der Waals surface area (Å²) in [5.74, 6) is 0.662. The number of hydrogen-bond acceptors (Lipinski definition) is 7. The van der Waals surface area contributed by atoms with E-state index in [4.69, 9.17) is 10.5 Å². The van der Waals surface area contributed by atoms with Crippen LogP contribution in [-0.4, -0.2) is 26.7 Å². The highest BCUT2D eigenvalue weighted by Gasteiger charge is 2.13. The second-order valence-corrected chi connectivity index (χ2v) is 4.28. The Bertz CT molecular complexity index is 965. The Morgan fingerprint density at radius 2 is 1.91 bits per heavy atom. The third-order valence-corrected chi connectivity index (χ3v) is 2.87. The van der Waals surface area contributed by atoms with Crippen molar-refractivity contribution in [1.82, 2.24) is 19.6 Å². The molecule has 0 saturated carbocycles. The molecule has 2 heterocycles. The Hall–Kier alpha value is -3.43. The molecule has 4 N–H and O–H groups in total. The van der Waals surface area contributed by atoms with Crippen molar-refractivity contribution in [3.05, 3.63) is 45.2 Å². The summed E-state index contributed by atoms with van der Waals surface area (Å²) < 4.78 is 5.95. The van der Waals surface area contributed by atoms with Crippen LogP contribution in [0.3, 0.4) is 0 Å². The number of azo groups is 1. The monoisotopic (exact) mass is 301 g/mol. The first-order chi connectivity index (χ1) is 10.6. The summed E-state index contributed by atoms with van der Waals surface area (Å²) in [6, 6.07) is 6.83. The van der Waals surface area contributed by atoms with Crippen molar-refractivity contribution in [2.75, 3.05) is 12.8 Å². The van der Waals surface area contributed by atoms with Crippen LogP contribution in [0.2, 0.25) is 0 Å². The number of nitrogen functional groups attached to an aromatic ring is 1. The van der Waals surface area contributed by atoms with Crippen LogP contribution < -0.4 is 21.9 Å². The lowest BCUT2D eigenvalue weighted by Crippen LogP contribution is -2.28. The zero-order valence-corrected chi connectivity index (χ0v) is 11.4. The van der Waals surface area contributed by atoms with Crippen LogP contribution in [0.15, 0.2) is 44.1 Å². The second kappa shape index (κ2) is 5.16. The highest BCUT2D eigenvalue weighted by Crippen LogP contribution is 2.27. The molecule has 10 heteroatoms. The fourth-order valence-corrected chi connectivity index (χ4v) is 1.83. The van der Waals surface area contributed by atoms with Crippen LogP contribution in [0, 0.1) is 0 Å². The number of rotatable bonds is 3. The molecular formula is C12H11N7O3. The number of hydrogen-bond donors (Lipinski definition) is 3. The maximum Gasteiger partial charge on any atom is 0.352 e. The number of anilines is 1. The van der Waals surface area contributed by atoms with Gasteiger partial charge in [0.15, 0.2) is 17.2 Å². The summed E-state index contributed by atoms with van der Waals surface area (Å²) in [6.45, 7) is 0. The molecule has 22 heavy (non-hydrogen) atoms. The molecule has 0 aliphatic heterocycles. The quantitative estimate of drug-likeness (QED) is 0.610. The van der Waals surface area contributed by atoms with Crippen molar-refractivity contribution < 1.29 is 4.74 Å². The molecule has 0 bridgehead atoms. The van der Waals surface area contributed by atoms with Crippen LogP contribution in [-0.2, 0) is 0 Å². The molecule has 3 rings (SSSR count). The van der Waals surface area contributed by atoms with Crippen molar-refractivity contribution in [1.29, 1.82) is 0 Å². The summed E-state index contributed by atoms with van der Waals surface area (Å²) in [6.07, 6.45) is 0. The second-order valence-electron chi connectivity index (χ2n) is 4.28. The fourth-order valence-electron chi connectivity index (χ4n) is 1.83. The summed E-state index contributed by atoms with van der Waals surface area (Å²) in [5.41, 5.74) is 5.04. The minimum absolute atomic E-state index is 0.0235. The standard InChI is InChI=1S/C12H11N7O3/c1-22-7-4-2-6(3-5-7)16-17-8-9(13)18-19-10(8)14-11(20)15-12(19)21/h2-5H,1H3,(H2,13,18)(H2,14,15,20,21). The highest BCUT2D eigenvalue weighted by atomic mass is 16.5. The number of ether oxygens (including phenoxy) is 1. The van der Waals surface area contributed by atoms with Crippen molar-refractivity contribution in [2.24, 2.45) is 10.2 Å². The Balaban J connectivity index is 2.06. The van der Waals surface area contributed by atoms with Crippen molar-refractivity contribution >= 4 is 22.8 Å². The molecule has 0 atom stereocenters. The number of H-pyrrole nitrogens is 2. The Labute approximate surface area is 122 Å². The molecule has 0 saturated heterocycles. The van der Waals surface area contributed by atoms with Crippen molar-refractivity contribution in [2.45, 2.75) is 0 Å². The minimum Gasteiger partial charge on any atom is -0.497 e. The maximum atomic E-state index is 11.6. The first-order valence-corrected chi connectivity index (χ1v) is 6.15. The molecule has 0 spiro atoms. The highest BCUT2D eigenvalue weighted by molar-refractivity contribution is 5.74. The van der Waals surface area contributed by atoms with Crippen molar-refractivity contribution in [3.63, 3.8) is 0 Å². The molecule has 0 unspecified atom stereocenters. The number of aromatic amines is 2. The number of aromatic nitrogens is 4. The summed E-state index contributed by atoms with van der Waals surface area (Å²) in [4.78, 5) is 27.4. The molecule has 0 aliphatic carbocycles. The van der Waals surface area contributed by atoms with E-state index in [-0.39, 0.29) is 17.2 Å². The van der Waals surface area contributed by atoms with Gasteiger partial charge in [-0.25, -0.2) is 9.59 Å². The van der Waals surface area contributed by atoms with E-state index in [9.17, 15) is 9.59 Å². The molecule has 0 radical (unpaired) electrons. The van der Waals surface area contributed by atoms with Crippen LogP contribution >= 0.6 is 0 Å². The number of nitrogens with two attached hydrogens (primary N) is 1.